The van der Waals surface area contributed by atoms with E-state index in [2.05, 4.69) is 162 Å². The second kappa shape index (κ2) is 13.1. The molecule has 9 aromatic carbocycles. The minimum atomic E-state index is 0.645. The van der Waals surface area contributed by atoms with E-state index in [1.54, 1.807) is 11.3 Å². The number of hydrogen-bond donors (Lipinski definition) is 0. The molecule has 0 N–H and O–H groups in total. The maximum Gasteiger partial charge on any atom is 0.165 e. The van der Waals surface area contributed by atoms with Crippen molar-refractivity contribution < 1.29 is 0 Å². The van der Waals surface area contributed by atoms with Crippen molar-refractivity contribution in [1.82, 2.24) is 19.5 Å². The Kier molecular flexibility index (Phi) is 7.37. The Morgan fingerprint density at radius 2 is 0.914 bits per heavy atom. The third-order valence-corrected chi connectivity index (χ3v) is 12.6. The topological polar surface area (TPSA) is 43.6 Å². The summed E-state index contributed by atoms with van der Waals surface area (Å²) in [6, 6.07) is 69.2. The minimum absolute atomic E-state index is 0.645. The Bertz CT molecular complexity index is 3500. The second-order valence-corrected chi connectivity index (χ2v) is 15.8. The third kappa shape index (κ3) is 5.11. The molecule has 0 aliphatic heterocycles. The molecule has 12 aromatic rings. The second-order valence-electron chi connectivity index (χ2n) is 14.8. The highest BCUT2D eigenvalue weighted by Crippen LogP contribution is 2.46. The van der Waals surface area contributed by atoms with Gasteiger partial charge in [-0.15, -0.1) is 11.3 Å². The van der Waals surface area contributed by atoms with Crippen molar-refractivity contribution >= 4 is 74.9 Å². The van der Waals surface area contributed by atoms with Crippen LogP contribution in [0.5, 0.6) is 0 Å². The van der Waals surface area contributed by atoms with Gasteiger partial charge in [-0.3, -0.25) is 0 Å². The van der Waals surface area contributed by atoms with Gasteiger partial charge in [-0.2, -0.15) is 0 Å². The summed E-state index contributed by atoms with van der Waals surface area (Å²) in [5, 5.41) is 9.82. The molecule has 5 heteroatoms. The lowest BCUT2D eigenvalue weighted by molar-refractivity contribution is 1.07. The highest BCUT2D eigenvalue weighted by molar-refractivity contribution is 7.26. The van der Waals surface area contributed by atoms with Gasteiger partial charge in [0.2, 0.25) is 0 Å². The summed E-state index contributed by atoms with van der Waals surface area (Å²) in [5.74, 6) is 1.94. The van der Waals surface area contributed by atoms with Crippen LogP contribution in [-0.2, 0) is 0 Å². The molecular weight excluding hydrogens is 725 g/mol. The fourth-order valence-corrected chi connectivity index (χ4v) is 10.0. The Hall–Kier alpha value is -7.47. The number of hydrogen-bond acceptors (Lipinski definition) is 4. The van der Waals surface area contributed by atoms with Crippen LogP contribution in [0.4, 0.5) is 0 Å². The van der Waals surface area contributed by atoms with E-state index >= 15 is 0 Å². The minimum Gasteiger partial charge on any atom is -0.309 e. The molecule has 12 rings (SSSR count). The molecule has 0 spiro atoms. The largest absolute Gasteiger partial charge is 0.309 e. The van der Waals surface area contributed by atoms with Crippen LogP contribution in [0.3, 0.4) is 0 Å². The standard InChI is InChI=1S/C53H32N4S/c1-4-16-33(17-5-1)42-32-46-49(41-26-13-12-24-39(41)42)48-38-23-11-10-18-34(38)28-29-45(48)57(46)37-30-43-40-25-14-15-27-47(40)58-50(43)44(31-37)53-55-51(35-19-6-2-7-20-35)54-52(56-53)36-21-8-3-9-22-36/h1-32H. The van der Waals surface area contributed by atoms with Gasteiger partial charge in [0.25, 0.3) is 0 Å². The number of aromatic nitrogens is 4. The van der Waals surface area contributed by atoms with Gasteiger partial charge < -0.3 is 4.57 Å². The third-order valence-electron chi connectivity index (χ3n) is 11.4. The molecule has 0 amide bonds. The van der Waals surface area contributed by atoms with E-state index in [1.807, 2.05) is 36.4 Å². The first kappa shape index (κ1) is 32.7. The average molecular weight is 757 g/mol. The molecule has 0 bridgehead atoms. The van der Waals surface area contributed by atoms with Crippen molar-refractivity contribution in [1.29, 1.82) is 0 Å². The van der Waals surface area contributed by atoms with Gasteiger partial charge in [0.1, 0.15) is 0 Å². The molecule has 0 aliphatic carbocycles. The van der Waals surface area contributed by atoms with E-state index in [9.17, 15) is 0 Å². The molecule has 270 valence electrons. The molecular formula is C53H32N4S. The maximum atomic E-state index is 5.28. The first-order chi connectivity index (χ1) is 28.8. The smallest absolute Gasteiger partial charge is 0.165 e. The first-order valence-electron chi connectivity index (χ1n) is 19.5. The van der Waals surface area contributed by atoms with Gasteiger partial charge in [0, 0.05) is 53.3 Å². The Morgan fingerprint density at radius 1 is 0.362 bits per heavy atom. The highest BCUT2D eigenvalue weighted by atomic mass is 32.1. The average Bonchev–Trinajstić information content (AvgIpc) is 3.85. The predicted octanol–water partition coefficient (Wildman–Crippen LogP) is 14.3. The summed E-state index contributed by atoms with van der Waals surface area (Å²) in [4.78, 5) is 15.6. The van der Waals surface area contributed by atoms with Crippen molar-refractivity contribution in [2.45, 2.75) is 0 Å². The number of nitrogens with zero attached hydrogens (tertiary/aromatic N) is 4. The van der Waals surface area contributed by atoms with Gasteiger partial charge in [-0.1, -0.05) is 164 Å². The zero-order valence-corrected chi connectivity index (χ0v) is 32.0. The number of benzene rings is 9. The van der Waals surface area contributed by atoms with Crippen LogP contribution in [0.25, 0.3) is 115 Å². The molecule has 0 fully saturated rings. The quantitative estimate of drug-likeness (QED) is 0.176. The molecule has 0 aliphatic rings. The van der Waals surface area contributed by atoms with Gasteiger partial charge in [0.05, 0.1) is 11.0 Å². The van der Waals surface area contributed by atoms with Gasteiger partial charge in [-0.05, 0) is 63.0 Å². The summed E-state index contributed by atoms with van der Waals surface area (Å²) in [5.41, 5.74) is 8.62. The van der Waals surface area contributed by atoms with Crippen molar-refractivity contribution in [2.75, 3.05) is 0 Å². The molecule has 0 unspecified atom stereocenters. The molecule has 4 nitrogen and oxygen atoms in total. The molecule has 58 heavy (non-hydrogen) atoms. The first-order valence-corrected chi connectivity index (χ1v) is 20.3. The lowest BCUT2D eigenvalue weighted by Gasteiger charge is -2.14. The highest BCUT2D eigenvalue weighted by Gasteiger charge is 2.23. The van der Waals surface area contributed by atoms with Gasteiger partial charge in [-0.25, -0.2) is 15.0 Å². The summed E-state index contributed by atoms with van der Waals surface area (Å²) in [6.07, 6.45) is 0. The molecule has 0 atom stereocenters. The van der Waals surface area contributed by atoms with Crippen LogP contribution >= 0.6 is 11.3 Å². The SMILES string of the molecule is c1ccc(-c2nc(-c3ccccc3)nc(-c3cc(-n4c5ccc6ccccc6c5c5c6ccccc6c(-c6ccccc6)cc54)cc4c3sc3ccccc34)n2)cc1. The number of rotatable bonds is 5. The molecule has 0 saturated heterocycles. The Labute approximate surface area is 338 Å². The molecule has 3 aromatic heterocycles. The van der Waals surface area contributed by atoms with Crippen LogP contribution in [0, 0.1) is 0 Å². The van der Waals surface area contributed by atoms with Crippen molar-refractivity contribution in [3.63, 3.8) is 0 Å². The molecule has 3 heterocycles. The van der Waals surface area contributed by atoms with Gasteiger partial charge in [0.15, 0.2) is 17.5 Å². The van der Waals surface area contributed by atoms with Crippen LogP contribution in [0.15, 0.2) is 194 Å². The van der Waals surface area contributed by atoms with Crippen molar-refractivity contribution in [3.8, 4) is 51.0 Å². The Balaban J connectivity index is 1.24. The van der Waals surface area contributed by atoms with Crippen molar-refractivity contribution in [2.24, 2.45) is 0 Å². The number of thiophene rings is 1. The van der Waals surface area contributed by atoms with Crippen molar-refractivity contribution in [3.05, 3.63) is 194 Å². The number of fused-ring (bicyclic) bond motifs is 10. The van der Waals surface area contributed by atoms with Crippen LogP contribution in [-0.4, -0.2) is 19.5 Å². The van der Waals surface area contributed by atoms with Crippen LogP contribution in [0.2, 0.25) is 0 Å². The van der Waals surface area contributed by atoms with Gasteiger partial charge >= 0.3 is 0 Å². The fourth-order valence-electron chi connectivity index (χ4n) is 8.81. The lowest BCUT2D eigenvalue weighted by Crippen LogP contribution is -2.01. The summed E-state index contributed by atoms with van der Waals surface area (Å²) >= 11 is 1.79. The van der Waals surface area contributed by atoms with E-state index in [4.69, 9.17) is 15.0 Å². The summed E-state index contributed by atoms with van der Waals surface area (Å²) in [6.45, 7) is 0. The Morgan fingerprint density at radius 3 is 1.62 bits per heavy atom. The van der Waals surface area contributed by atoms with E-state index in [-0.39, 0.29) is 0 Å². The monoisotopic (exact) mass is 756 g/mol. The normalized spacial score (nSPS) is 11.8. The zero-order valence-electron chi connectivity index (χ0n) is 31.2. The zero-order chi connectivity index (χ0) is 38.2. The molecule has 0 radical (unpaired) electrons. The predicted molar refractivity (Wildman–Crippen MR) is 244 cm³/mol. The van der Waals surface area contributed by atoms with E-state index in [1.165, 1.54) is 58.9 Å². The lowest BCUT2D eigenvalue weighted by atomic mass is 9.94. The van der Waals surface area contributed by atoms with E-state index in [0.29, 0.717) is 17.5 Å². The van der Waals surface area contributed by atoms with Crippen LogP contribution < -0.4 is 0 Å². The fraction of sp³-hybridized carbons (Fsp3) is 0. The summed E-state index contributed by atoms with van der Waals surface area (Å²) < 4.78 is 4.85. The summed E-state index contributed by atoms with van der Waals surface area (Å²) in [7, 11) is 0. The molecule has 0 saturated carbocycles. The van der Waals surface area contributed by atoms with E-state index < -0.39 is 0 Å². The van der Waals surface area contributed by atoms with Crippen LogP contribution in [0.1, 0.15) is 0 Å². The maximum absolute atomic E-state index is 5.28. The van der Waals surface area contributed by atoms with E-state index in [0.717, 1.165) is 38.1 Å².